The molecule has 0 aliphatic carbocycles. The molecule has 2 aliphatic heterocycles. The lowest BCUT2D eigenvalue weighted by Crippen LogP contribution is -2.18. The monoisotopic (exact) mass is 414 g/mol. The first-order valence-corrected chi connectivity index (χ1v) is 9.48. The number of carbonyl (C=O) groups excluding carboxylic acids is 2. The molecule has 1 aromatic carbocycles. The van der Waals surface area contributed by atoms with Crippen LogP contribution in [-0.4, -0.2) is 40.4 Å². The van der Waals surface area contributed by atoms with Crippen molar-refractivity contribution in [3.63, 3.8) is 0 Å². The summed E-state index contributed by atoms with van der Waals surface area (Å²) in [7, 11) is 3.15. The molecule has 25 heavy (non-hydrogen) atoms. The zero-order valence-electron chi connectivity index (χ0n) is 13.3. The van der Waals surface area contributed by atoms with Crippen LogP contribution in [0.4, 0.5) is 0 Å². The molecule has 0 bridgehead atoms. The average molecular weight is 415 g/mol. The van der Waals surface area contributed by atoms with Crippen LogP contribution >= 0.6 is 48.0 Å². The van der Waals surface area contributed by atoms with Crippen molar-refractivity contribution in [2.45, 2.75) is 0 Å². The van der Waals surface area contributed by atoms with Crippen LogP contribution in [0.3, 0.4) is 0 Å². The molecule has 2 amide bonds. The minimum Gasteiger partial charge on any atom is -0.493 e. The minimum atomic E-state index is -0.167. The van der Waals surface area contributed by atoms with Gasteiger partial charge in [0.15, 0.2) is 11.5 Å². The quantitative estimate of drug-likeness (QED) is 0.577. The summed E-state index contributed by atoms with van der Waals surface area (Å²) >= 11 is 12.2. The Balaban J connectivity index is 0.000000269. The topological polar surface area (TPSA) is 76.7 Å². The number of hydrogen-bond donors (Lipinski definition) is 2. The van der Waals surface area contributed by atoms with Gasteiger partial charge in [0.2, 0.25) is 5.91 Å². The summed E-state index contributed by atoms with van der Waals surface area (Å²) in [6.45, 7) is 0. The molecule has 2 N–H and O–H groups in total. The summed E-state index contributed by atoms with van der Waals surface area (Å²) in [5.74, 6) is 1.63. The van der Waals surface area contributed by atoms with Crippen LogP contribution in [-0.2, 0) is 9.59 Å². The SMILES string of the molecule is COc1ccc(/C=C2\SC(=S)NC2=O)cc1OC.O=C1CSC(=S)N1. The lowest BCUT2D eigenvalue weighted by Gasteiger charge is -2.07. The number of hydrogen-bond acceptors (Lipinski definition) is 8. The lowest BCUT2D eigenvalue weighted by molar-refractivity contribution is -0.117. The smallest absolute Gasteiger partial charge is 0.263 e. The summed E-state index contributed by atoms with van der Waals surface area (Å²) in [6.07, 6.45) is 1.77. The highest BCUT2D eigenvalue weighted by Crippen LogP contribution is 2.31. The molecule has 6 nitrogen and oxygen atoms in total. The van der Waals surface area contributed by atoms with Crippen LogP contribution in [0.1, 0.15) is 5.56 Å². The molecule has 3 rings (SSSR count). The van der Waals surface area contributed by atoms with Gasteiger partial charge in [-0.05, 0) is 23.8 Å². The van der Waals surface area contributed by atoms with Crippen LogP contribution in [0, 0.1) is 0 Å². The van der Waals surface area contributed by atoms with E-state index in [4.69, 9.17) is 21.7 Å². The maximum atomic E-state index is 11.5. The number of nitrogens with one attached hydrogen (secondary N) is 2. The Bertz CT molecular complexity index is 750. The van der Waals surface area contributed by atoms with E-state index in [1.807, 2.05) is 6.07 Å². The second kappa shape index (κ2) is 9.18. The first kappa shape index (κ1) is 19.7. The molecular formula is C15H14N2O4S4. The maximum absolute atomic E-state index is 11.5. The molecule has 2 heterocycles. The van der Waals surface area contributed by atoms with Crippen molar-refractivity contribution in [3.8, 4) is 11.5 Å². The van der Waals surface area contributed by atoms with Gasteiger partial charge in [0.25, 0.3) is 5.91 Å². The van der Waals surface area contributed by atoms with Crippen LogP contribution < -0.4 is 20.1 Å². The molecule has 0 saturated carbocycles. The molecule has 132 valence electrons. The predicted molar refractivity (Wildman–Crippen MR) is 109 cm³/mol. The normalized spacial score (nSPS) is 17.8. The number of carbonyl (C=O) groups is 2. The molecule has 0 aromatic heterocycles. The fraction of sp³-hybridized carbons (Fsp3) is 0.200. The first-order chi connectivity index (χ1) is 11.9. The second-order valence-electron chi connectivity index (χ2n) is 4.59. The molecule has 1 aromatic rings. The van der Waals surface area contributed by atoms with E-state index in [2.05, 4.69) is 22.9 Å². The average Bonchev–Trinajstić information content (AvgIpc) is 3.11. The third-order valence-corrected chi connectivity index (χ3v) is 5.31. The largest absolute Gasteiger partial charge is 0.493 e. The van der Waals surface area contributed by atoms with E-state index in [0.29, 0.717) is 30.8 Å². The van der Waals surface area contributed by atoms with Gasteiger partial charge in [-0.15, -0.1) is 0 Å². The van der Waals surface area contributed by atoms with E-state index in [1.165, 1.54) is 23.5 Å². The first-order valence-electron chi connectivity index (χ1n) is 6.86. The van der Waals surface area contributed by atoms with E-state index >= 15 is 0 Å². The zero-order chi connectivity index (χ0) is 18.4. The van der Waals surface area contributed by atoms with Crippen molar-refractivity contribution in [3.05, 3.63) is 28.7 Å². The standard InChI is InChI=1S/C12H11NO3S2.C3H3NOS2/c1-15-8-4-3-7(5-9(8)16-2)6-10-11(14)13-12(17)18-10;5-2-1-7-3(6)4-2/h3-6H,1-2H3,(H,13,14,17);1H2,(H,4,5,6)/b10-6-;. The molecule has 2 fully saturated rings. The van der Waals surface area contributed by atoms with Crippen LogP contribution in [0.15, 0.2) is 23.1 Å². The number of thioether (sulfide) groups is 2. The van der Waals surface area contributed by atoms with Gasteiger partial charge in [-0.1, -0.05) is 54.0 Å². The fourth-order valence-electron chi connectivity index (χ4n) is 1.83. The summed E-state index contributed by atoms with van der Waals surface area (Å²) in [5.41, 5.74) is 0.856. The number of rotatable bonds is 3. The minimum absolute atomic E-state index is 0.0231. The van der Waals surface area contributed by atoms with Gasteiger partial charge in [0.05, 0.1) is 24.9 Å². The van der Waals surface area contributed by atoms with E-state index in [0.717, 1.165) is 5.56 Å². The van der Waals surface area contributed by atoms with Gasteiger partial charge < -0.3 is 20.1 Å². The summed E-state index contributed by atoms with van der Waals surface area (Å²) in [4.78, 5) is 22.3. The highest BCUT2D eigenvalue weighted by Gasteiger charge is 2.22. The van der Waals surface area contributed by atoms with Crippen molar-refractivity contribution in [1.29, 1.82) is 0 Å². The number of benzene rings is 1. The van der Waals surface area contributed by atoms with Crippen molar-refractivity contribution in [2.24, 2.45) is 0 Å². The Hall–Kier alpha value is -1.62. The molecule has 0 atom stereocenters. The molecular weight excluding hydrogens is 400 g/mol. The Labute approximate surface area is 164 Å². The summed E-state index contributed by atoms with van der Waals surface area (Å²) in [5, 5.41) is 5.04. The van der Waals surface area contributed by atoms with Crippen molar-refractivity contribution in [2.75, 3.05) is 20.0 Å². The second-order valence-corrected chi connectivity index (χ2v) is 7.96. The summed E-state index contributed by atoms with van der Waals surface area (Å²) < 4.78 is 11.4. The Morgan fingerprint density at radius 1 is 1.08 bits per heavy atom. The molecule has 0 radical (unpaired) electrons. The number of amides is 2. The van der Waals surface area contributed by atoms with Gasteiger partial charge in [0.1, 0.15) is 8.64 Å². The van der Waals surface area contributed by atoms with Gasteiger partial charge in [-0.3, -0.25) is 9.59 Å². The molecule has 2 aliphatic rings. The highest BCUT2D eigenvalue weighted by molar-refractivity contribution is 8.26. The third kappa shape index (κ3) is 5.70. The third-order valence-electron chi connectivity index (χ3n) is 2.92. The highest BCUT2D eigenvalue weighted by atomic mass is 32.2. The number of thiocarbonyl (C=S) groups is 2. The maximum Gasteiger partial charge on any atom is 0.263 e. The Morgan fingerprint density at radius 3 is 2.24 bits per heavy atom. The van der Waals surface area contributed by atoms with Crippen molar-refractivity contribution < 1.29 is 19.1 Å². The number of ether oxygens (including phenoxy) is 2. The molecule has 0 spiro atoms. The van der Waals surface area contributed by atoms with Crippen molar-refractivity contribution in [1.82, 2.24) is 10.6 Å². The van der Waals surface area contributed by atoms with Crippen LogP contribution in [0.25, 0.3) is 6.08 Å². The van der Waals surface area contributed by atoms with Crippen LogP contribution in [0.2, 0.25) is 0 Å². The van der Waals surface area contributed by atoms with E-state index < -0.39 is 0 Å². The van der Waals surface area contributed by atoms with Crippen molar-refractivity contribution >= 4 is 74.5 Å². The van der Waals surface area contributed by atoms with Crippen LogP contribution in [0.5, 0.6) is 11.5 Å². The van der Waals surface area contributed by atoms with Gasteiger partial charge in [-0.2, -0.15) is 0 Å². The Kier molecular flexibility index (Phi) is 7.24. The summed E-state index contributed by atoms with van der Waals surface area (Å²) in [6, 6.07) is 5.45. The molecule has 2 saturated heterocycles. The van der Waals surface area contributed by atoms with E-state index in [9.17, 15) is 9.59 Å². The van der Waals surface area contributed by atoms with E-state index in [1.54, 1.807) is 32.4 Å². The zero-order valence-corrected chi connectivity index (χ0v) is 16.5. The number of methoxy groups -OCH3 is 2. The van der Waals surface area contributed by atoms with Gasteiger partial charge >= 0.3 is 0 Å². The van der Waals surface area contributed by atoms with Gasteiger partial charge in [-0.25, -0.2) is 0 Å². The predicted octanol–water partition coefficient (Wildman–Crippen LogP) is 2.33. The lowest BCUT2D eigenvalue weighted by atomic mass is 10.2. The molecule has 0 unspecified atom stereocenters. The molecule has 10 heteroatoms. The van der Waals surface area contributed by atoms with Gasteiger partial charge in [0, 0.05) is 0 Å². The van der Waals surface area contributed by atoms with E-state index in [-0.39, 0.29) is 11.8 Å². The Morgan fingerprint density at radius 2 is 1.80 bits per heavy atom. The fourth-order valence-corrected chi connectivity index (χ4v) is 3.69.